The molecule has 5 heteroatoms. The molecule has 0 bridgehead atoms. The van der Waals surface area contributed by atoms with Crippen molar-refractivity contribution in [2.45, 2.75) is 18.9 Å². The molecule has 0 saturated heterocycles. The largest absolute Gasteiger partial charge is 0.398 e. The van der Waals surface area contributed by atoms with E-state index in [1.165, 1.54) is 17.7 Å². The number of nitrogens with zero attached hydrogens (tertiary/aromatic N) is 2. The highest BCUT2D eigenvalue weighted by molar-refractivity contribution is 6.23. The Morgan fingerprint density at radius 1 is 1.32 bits per heavy atom. The fourth-order valence-corrected chi connectivity index (χ4v) is 2.52. The van der Waals surface area contributed by atoms with Crippen molar-refractivity contribution < 1.29 is 9.59 Å². The van der Waals surface area contributed by atoms with E-state index in [0.717, 1.165) is 6.54 Å². The molecule has 100 valence electrons. The number of hydrogen-bond acceptors (Lipinski definition) is 4. The van der Waals surface area contributed by atoms with Crippen LogP contribution in [0.1, 0.15) is 33.6 Å². The Bertz CT molecular complexity index is 552. The van der Waals surface area contributed by atoms with Gasteiger partial charge in [0.1, 0.15) is 0 Å². The first-order chi connectivity index (χ1) is 9.09. The third-order valence-electron chi connectivity index (χ3n) is 3.88. The van der Waals surface area contributed by atoms with E-state index in [4.69, 9.17) is 5.73 Å². The van der Waals surface area contributed by atoms with Crippen molar-refractivity contribution in [3.8, 4) is 0 Å². The highest BCUT2D eigenvalue weighted by Gasteiger charge is 2.37. The van der Waals surface area contributed by atoms with E-state index in [1.54, 1.807) is 18.2 Å². The molecule has 1 saturated carbocycles. The number of likely N-dealkylation sites (N-methyl/N-ethyl adjacent to an activating group) is 1. The third-order valence-corrected chi connectivity index (χ3v) is 3.88. The Labute approximate surface area is 112 Å². The smallest absolute Gasteiger partial charge is 0.263 e. The standard InChI is InChI=1S/C14H17N3O2/c1-16(9-5-6-9)7-8-17-13(18)10-3-2-4-11(15)12(10)14(17)19/h2-4,9H,5-8,15H2,1H3. The molecular weight excluding hydrogens is 242 g/mol. The molecule has 1 aliphatic carbocycles. The second-order valence-electron chi connectivity index (χ2n) is 5.24. The van der Waals surface area contributed by atoms with E-state index in [0.29, 0.717) is 29.4 Å². The number of hydrogen-bond donors (Lipinski definition) is 1. The van der Waals surface area contributed by atoms with Gasteiger partial charge in [-0.05, 0) is 32.0 Å². The maximum absolute atomic E-state index is 12.2. The first kappa shape index (κ1) is 12.2. The molecule has 1 aromatic carbocycles. The van der Waals surface area contributed by atoms with Crippen molar-refractivity contribution >= 4 is 17.5 Å². The lowest BCUT2D eigenvalue weighted by molar-refractivity contribution is 0.0640. The molecule has 1 heterocycles. The summed E-state index contributed by atoms with van der Waals surface area (Å²) in [4.78, 5) is 27.9. The van der Waals surface area contributed by atoms with Gasteiger partial charge in [0.05, 0.1) is 11.1 Å². The van der Waals surface area contributed by atoms with E-state index in [1.807, 2.05) is 7.05 Å². The van der Waals surface area contributed by atoms with Crippen molar-refractivity contribution in [1.29, 1.82) is 0 Å². The predicted octanol–water partition coefficient (Wildman–Crippen LogP) is 0.959. The molecule has 0 atom stereocenters. The number of benzene rings is 1. The van der Waals surface area contributed by atoms with Crippen LogP contribution < -0.4 is 5.73 Å². The first-order valence-electron chi connectivity index (χ1n) is 6.54. The zero-order chi connectivity index (χ0) is 13.6. The van der Waals surface area contributed by atoms with Crippen LogP contribution in [-0.4, -0.2) is 47.8 Å². The molecular formula is C14H17N3O2. The summed E-state index contributed by atoms with van der Waals surface area (Å²) in [5.41, 5.74) is 6.97. The van der Waals surface area contributed by atoms with E-state index >= 15 is 0 Å². The molecule has 0 unspecified atom stereocenters. The molecule has 1 fully saturated rings. The Morgan fingerprint density at radius 2 is 2.05 bits per heavy atom. The van der Waals surface area contributed by atoms with Crippen molar-refractivity contribution in [3.05, 3.63) is 29.3 Å². The molecule has 0 aromatic heterocycles. The van der Waals surface area contributed by atoms with Gasteiger partial charge in [-0.15, -0.1) is 0 Å². The van der Waals surface area contributed by atoms with Gasteiger partial charge in [0.25, 0.3) is 11.8 Å². The Morgan fingerprint density at radius 3 is 2.68 bits per heavy atom. The molecule has 19 heavy (non-hydrogen) atoms. The van der Waals surface area contributed by atoms with Gasteiger partial charge in [-0.25, -0.2) is 0 Å². The quantitative estimate of drug-likeness (QED) is 0.646. The molecule has 1 aromatic rings. The summed E-state index contributed by atoms with van der Waals surface area (Å²) in [7, 11) is 2.03. The summed E-state index contributed by atoms with van der Waals surface area (Å²) >= 11 is 0. The average Bonchev–Trinajstić information content (AvgIpc) is 3.18. The van der Waals surface area contributed by atoms with Gasteiger partial charge >= 0.3 is 0 Å². The van der Waals surface area contributed by atoms with E-state index in [-0.39, 0.29) is 11.8 Å². The van der Waals surface area contributed by atoms with Gasteiger partial charge in [0.2, 0.25) is 0 Å². The minimum atomic E-state index is -0.262. The van der Waals surface area contributed by atoms with Gasteiger partial charge in [-0.3, -0.25) is 14.5 Å². The molecule has 0 spiro atoms. The average molecular weight is 259 g/mol. The topological polar surface area (TPSA) is 66.6 Å². The number of nitrogen functional groups attached to an aromatic ring is 1. The molecule has 2 aliphatic rings. The minimum Gasteiger partial charge on any atom is -0.398 e. The van der Waals surface area contributed by atoms with Gasteiger partial charge in [-0.1, -0.05) is 6.07 Å². The van der Waals surface area contributed by atoms with E-state index in [2.05, 4.69) is 4.90 Å². The van der Waals surface area contributed by atoms with Crippen LogP contribution in [0, 0.1) is 0 Å². The third kappa shape index (κ3) is 2.00. The highest BCUT2D eigenvalue weighted by Crippen LogP contribution is 2.28. The maximum Gasteiger partial charge on any atom is 0.263 e. The first-order valence-corrected chi connectivity index (χ1v) is 6.54. The van der Waals surface area contributed by atoms with Gasteiger partial charge in [0.15, 0.2) is 0 Å². The monoisotopic (exact) mass is 259 g/mol. The van der Waals surface area contributed by atoms with Gasteiger partial charge in [-0.2, -0.15) is 0 Å². The minimum absolute atomic E-state index is 0.225. The zero-order valence-electron chi connectivity index (χ0n) is 10.9. The van der Waals surface area contributed by atoms with Crippen LogP contribution in [0.5, 0.6) is 0 Å². The van der Waals surface area contributed by atoms with Crippen LogP contribution in [0.3, 0.4) is 0 Å². The second kappa shape index (κ2) is 4.35. The zero-order valence-corrected chi connectivity index (χ0v) is 10.9. The van der Waals surface area contributed by atoms with E-state index < -0.39 is 0 Å². The lowest BCUT2D eigenvalue weighted by atomic mass is 10.1. The van der Waals surface area contributed by atoms with Gasteiger partial charge < -0.3 is 10.6 Å². The molecule has 3 rings (SSSR count). The summed E-state index contributed by atoms with van der Waals surface area (Å²) in [6.07, 6.45) is 2.43. The molecule has 2 N–H and O–H groups in total. The normalized spacial score (nSPS) is 18.3. The van der Waals surface area contributed by atoms with E-state index in [9.17, 15) is 9.59 Å². The molecule has 5 nitrogen and oxygen atoms in total. The predicted molar refractivity (Wildman–Crippen MR) is 71.9 cm³/mol. The molecule has 2 amide bonds. The number of nitrogens with two attached hydrogens (primary N) is 1. The van der Waals surface area contributed by atoms with Crippen molar-refractivity contribution in [3.63, 3.8) is 0 Å². The van der Waals surface area contributed by atoms with Crippen molar-refractivity contribution in [2.24, 2.45) is 0 Å². The number of rotatable bonds is 4. The van der Waals surface area contributed by atoms with Crippen LogP contribution in [0.25, 0.3) is 0 Å². The summed E-state index contributed by atoms with van der Waals surface area (Å²) in [6, 6.07) is 5.65. The van der Waals surface area contributed by atoms with Crippen LogP contribution in [0.4, 0.5) is 5.69 Å². The number of carbonyl (C=O) groups excluding carboxylic acids is 2. The number of anilines is 1. The number of amides is 2. The van der Waals surface area contributed by atoms with Crippen LogP contribution >= 0.6 is 0 Å². The number of carbonyl (C=O) groups is 2. The number of imide groups is 1. The highest BCUT2D eigenvalue weighted by atomic mass is 16.2. The van der Waals surface area contributed by atoms with Crippen molar-refractivity contribution in [2.75, 3.05) is 25.9 Å². The van der Waals surface area contributed by atoms with Crippen molar-refractivity contribution in [1.82, 2.24) is 9.80 Å². The fraction of sp³-hybridized carbons (Fsp3) is 0.429. The lowest BCUT2D eigenvalue weighted by Crippen LogP contribution is -2.37. The Hall–Kier alpha value is -1.88. The summed E-state index contributed by atoms with van der Waals surface area (Å²) in [5.74, 6) is -0.487. The van der Waals surface area contributed by atoms with Crippen LogP contribution in [0.2, 0.25) is 0 Å². The molecule has 0 radical (unpaired) electrons. The number of fused-ring (bicyclic) bond motifs is 1. The lowest BCUT2D eigenvalue weighted by Gasteiger charge is -2.20. The Kier molecular flexibility index (Phi) is 2.78. The Balaban J connectivity index is 1.76. The second-order valence-corrected chi connectivity index (χ2v) is 5.24. The van der Waals surface area contributed by atoms with Crippen LogP contribution in [0.15, 0.2) is 18.2 Å². The van der Waals surface area contributed by atoms with Crippen LogP contribution in [-0.2, 0) is 0 Å². The summed E-state index contributed by atoms with van der Waals surface area (Å²) in [5, 5.41) is 0. The maximum atomic E-state index is 12.2. The molecule has 1 aliphatic heterocycles. The SMILES string of the molecule is CN(CCN1C(=O)c2cccc(N)c2C1=O)C1CC1. The van der Waals surface area contributed by atoms with Gasteiger partial charge in [0, 0.05) is 24.8 Å². The fourth-order valence-electron chi connectivity index (χ4n) is 2.52. The summed E-state index contributed by atoms with van der Waals surface area (Å²) in [6.45, 7) is 1.15. The summed E-state index contributed by atoms with van der Waals surface area (Å²) < 4.78 is 0.